The van der Waals surface area contributed by atoms with Gasteiger partial charge in [-0.05, 0) is 24.6 Å². The Morgan fingerprint density at radius 3 is 2.60 bits per heavy atom. The molecule has 8 heteroatoms. The molecule has 0 radical (unpaired) electrons. The van der Waals surface area contributed by atoms with Crippen LogP contribution in [0.3, 0.4) is 0 Å². The zero-order chi connectivity index (χ0) is 20.9. The molecule has 3 heterocycles. The molecule has 0 spiro atoms. The van der Waals surface area contributed by atoms with Gasteiger partial charge in [-0.25, -0.2) is 4.99 Å². The highest BCUT2D eigenvalue weighted by Gasteiger charge is 2.43. The van der Waals surface area contributed by atoms with Crippen LogP contribution in [0.4, 0.5) is 0 Å². The first kappa shape index (κ1) is 20.2. The van der Waals surface area contributed by atoms with Crippen molar-refractivity contribution in [1.82, 2.24) is 15.1 Å². The smallest absolute Gasteiger partial charge is 0.321 e. The highest BCUT2D eigenvalue weighted by Crippen LogP contribution is 2.31. The average molecular weight is 410 g/mol. The summed E-state index contributed by atoms with van der Waals surface area (Å²) in [5.41, 5.74) is 1.28. The van der Waals surface area contributed by atoms with E-state index in [-0.39, 0.29) is 6.61 Å². The number of benzene rings is 1. The van der Waals surface area contributed by atoms with Crippen molar-refractivity contribution in [3.8, 4) is 0 Å². The molecule has 1 saturated heterocycles. The van der Waals surface area contributed by atoms with Crippen LogP contribution >= 0.6 is 0 Å². The van der Waals surface area contributed by atoms with Crippen molar-refractivity contribution >= 4 is 17.8 Å². The highest BCUT2D eigenvalue weighted by molar-refractivity contribution is 6.08. The lowest BCUT2D eigenvalue weighted by molar-refractivity contribution is -0.153. The van der Waals surface area contributed by atoms with Crippen LogP contribution in [0.5, 0.6) is 0 Å². The van der Waals surface area contributed by atoms with Gasteiger partial charge < -0.3 is 14.1 Å². The molecule has 4 rings (SSSR count). The minimum absolute atomic E-state index is 0.202. The number of esters is 1. The second-order valence-electron chi connectivity index (χ2n) is 7.38. The molecule has 0 unspecified atom stereocenters. The van der Waals surface area contributed by atoms with Crippen LogP contribution in [0.1, 0.15) is 24.3 Å². The lowest BCUT2D eigenvalue weighted by Crippen LogP contribution is -2.57. The lowest BCUT2D eigenvalue weighted by Gasteiger charge is -2.38. The molecule has 30 heavy (non-hydrogen) atoms. The summed E-state index contributed by atoms with van der Waals surface area (Å²) in [6.07, 6.45) is 1.52. The minimum atomic E-state index is -1.06. The summed E-state index contributed by atoms with van der Waals surface area (Å²) in [4.78, 5) is 34.3. The Bertz CT molecular complexity index is 889. The van der Waals surface area contributed by atoms with Gasteiger partial charge in [-0.1, -0.05) is 30.3 Å². The van der Waals surface area contributed by atoms with Crippen LogP contribution in [0, 0.1) is 5.92 Å². The number of carbonyl (C=O) groups excluding carboxylic acids is 2. The zero-order valence-corrected chi connectivity index (χ0v) is 17.0. The van der Waals surface area contributed by atoms with E-state index in [0.29, 0.717) is 11.7 Å². The third-order valence-corrected chi connectivity index (χ3v) is 5.39. The van der Waals surface area contributed by atoms with Gasteiger partial charge in [-0.2, -0.15) is 0 Å². The minimum Gasteiger partial charge on any atom is -0.467 e. The molecule has 2 aliphatic rings. The molecule has 2 aromatic rings. The van der Waals surface area contributed by atoms with E-state index >= 15 is 0 Å². The van der Waals surface area contributed by atoms with Crippen LogP contribution in [0.15, 0.2) is 58.1 Å². The van der Waals surface area contributed by atoms with E-state index in [1.165, 1.54) is 11.8 Å². The summed E-state index contributed by atoms with van der Waals surface area (Å²) in [6, 6.07) is 13.1. The zero-order valence-electron chi connectivity index (χ0n) is 17.0. The topological polar surface area (TPSA) is 87.4 Å². The van der Waals surface area contributed by atoms with Crippen LogP contribution in [-0.2, 0) is 20.9 Å². The summed E-state index contributed by atoms with van der Waals surface area (Å²) < 4.78 is 10.6. The van der Waals surface area contributed by atoms with Crippen molar-refractivity contribution < 1.29 is 18.7 Å². The molecular weight excluding hydrogens is 384 g/mol. The summed E-state index contributed by atoms with van der Waals surface area (Å²) in [7, 11) is 0. The van der Waals surface area contributed by atoms with Gasteiger partial charge in [0.25, 0.3) is 0 Å². The molecular formula is C22H26N4O4. The SMILES string of the molecule is CCOC(=O)[C@@H]1C(=O)NC(N2CCN(Cc3ccccc3)CC2)=N[C@H]1c1ccco1. The lowest BCUT2D eigenvalue weighted by atomic mass is 9.95. The van der Waals surface area contributed by atoms with Gasteiger partial charge in [-0.15, -0.1) is 0 Å². The van der Waals surface area contributed by atoms with Gasteiger partial charge in [0.15, 0.2) is 5.92 Å². The first-order valence-electron chi connectivity index (χ1n) is 10.3. The van der Waals surface area contributed by atoms with Crippen molar-refractivity contribution in [2.24, 2.45) is 10.9 Å². The molecule has 0 aliphatic carbocycles. The standard InChI is InChI=1S/C22H26N4O4/c1-2-29-21(28)18-19(17-9-6-14-30-17)23-22(24-20(18)27)26-12-10-25(11-13-26)15-16-7-4-3-5-8-16/h3-9,14,18-19H,2,10-13,15H2,1H3,(H,23,24,27)/t18-,19-/m0/s1. The fourth-order valence-electron chi connectivity index (χ4n) is 3.85. The predicted octanol–water partition coefficient (Wildman–Crippen LogP) is 1.80. The van der Waals surface area contributed by atoms with E-state index in [1.807, 2.05) is 18.2 Å². The average Bonchev–Trinajstić information content (AvgIpc) is 3.29. The number of furan rings is 1. The summed E-state index contributed by atoms with van der Waals surface area (Å²) in [6.45, 7) is 6.00. The summed E-state index contributed by atoms with van der Waals surface area (Å²) in [5.74, 6) is -1.10. The number of nitrogens with zero attached hydrogens (tertiary/aromatic N) is 3. The molecule has 1 aromatic heterocycles. The maximum Gasteiger partial charge on any atom is 0.321 e. The van der Waals surface area contributed by atoms with Gasteiger partial charge in [0.05, 0.1) is 12.9 Å². The maximum absolute atomic E-state index is 12.8. The molecule has 158 valence electrons. The quantitative estimate of drug-likeness (QED) is 0.598. The second-order valence-corrected chi connectivity index (χ2v) is 7.38. The van der Waals surface area contributed by atoms with Crippen LogP contribution in [-0.4, -0.2) is 60.4 Å². The molecule has 1 aromatic carbocycles. The van der Waals surface area contributed by atoms with E-state index in [2.05, 4.69) is 32.2 Å². The van der Waals surface area contributed by atoms with Crippen molar-refractivity contribution in [2.45, 2.75) is 19.5 Å². The third-order valence-electron chi connectivity index (χ3n) is 5.39. The number of aliphatic imine (C=N–C) groups is 1. The third kappa shape index (κ3) is 4.38. The Morgan fingerprint density at radius 1 is 1.17 bits per heavy atom. The predicted molar refractivity (Wildman–Crippen MR) is 110 cm³/mol. The first-order chi connectivity index (χ1) is 14.7. The van der Waals surface area contributed by atoms with Crippen molar-refractivity contribution in [1.29, 1.82) is 0 Å². The van der Waals surface area contributed by atoms with Gasteiger partial charge in [0.2, 0.25) is 11.9 Å². The normalized spacial score (nSPS) is 22.4. The molecule has 8 nitrogen and oxygen atoms in total. The van der Waals surface area contributed by atoms with E-state index in [9.17, 15) is 9.59 Å². The molecule has 2 atom stereocenters. The van der Waals surface area contributed by atoms with E-state index in [1.54, 1.807) is 19.1 Å². The number of hydrogen-bond donors (Lipinski definition) is 1. The van der Waals surface area contributed by atoms with Gasteiger partial charge >= 0.3 is 5.97 Å². The Kier molecular flexibility index (Phi) is 6.13. The molecule has 1 N–H and O–H groups in total. The fourth-order valence-corrected chi connectivity index (χ4v) is 3.85. The van der Waals surface area contributed by atoms with Crippen LogP contribution < -0.4 is 5.32 Å². The second kappa shape index (κ2) is 9.13. The fraction of sp³-hybridized carbons (Fsp3) is 0.409. The summed E-state index contributed by atoms with van der Waals surface area (Å²) >= 11 is 0. The first-order valence-corrected chi connectivity index (χ1v) is 10.3. The van der Waals surface area contributed by atoms with Crippen molar-refractivity contribution in [3.05, 3.63) is 60.1 Å². The Morgan fingerprint density at radius 2 is 1.93 bits per heavy atom. The number of carbonyl (C=O) groups is 2. The maximum atomic E-state index is 12.8. The summed E-state index contributed by atoms with van der Waals surface area (Å²) in [5, 5.41) is 2.81. The molecule has 1 amide bonds. The monoisotopic (exact) mass is 410 g/mol. The van der Waals surface area contributed by atoms with Gasteiger partial charge in [-0.3, -0.25) is 19.8 Å². The van der Waals surface area contributed by atoms with E-state index in [0.717, 1.165) is 32.7 Å². The number of amides is 1. The van der Waals surface area contributed by atoms with E-state index in [4.69, 9.17) is 9.15 Å². The molecule has 2 aliphatic heterocycles. The van der Waals surface area contributed by atoms with Gasteiger partial charge in [0, 0.05) is 32.7 Å². The molecule has 0 bridgehead atoms. The number of piperazine rings is 1. The number of nitrogens with one attached hydrogen (secondary N) is 1. The molecule has 1 fully saturated rings. The highest BCUT2D eigenvalue weighted by atomic mass is 16.5. The van der Waals surface area contributed by atoms with Crippen molar-refractivity contribution in [3.63, 3.8) is 0 Å². The Hall–Kier alpha value is -3.13. The van der Waals surface area contributed by atoms with Crippen molar-refractivity contribution in [2.75, 3.05) is 32.8 Å². The number of hydrogen-bond acceptors (Lipinski definition) is 7. The Balaban J connectivity index is 1.47. The Labute approximate surface area is 175 Å². The largest absolute Gasteiger partial charge is 0.467 e. The van der Waals surface area contributed by atoms with Gasteiger partial charge in [0.1, 0.15) is 11.8 Å². The van der Waals surface area contributed by atoms with E-state index < -0.39 is 23.8 Å². The van der Waals surface area contributed by atoms with Crippen LogP contribution in [0.25, 0.3) is 0 Å². The number of rotatable bonds is 5. The molecule has 0 saturated carbocycles. The number of ether oxygens (including phenoxy) is 1. The van der Waals surface area contributed by atoms with Crippen LogP contribution in [0.2, 0.25) is 0 Å². The number of guanidine groups is 1.